The lowest BCUT2D eigenvalue weighted by Crippen LogP contribution is -2.04. The van der Waals surface area contributed by atoms with E-state index in [9.17, 15) is 9.59 Å². The molecule has 0 saturated carbocycles. The molecule has 0 amide bonds. The summed E-state index contributed by atoms with van der Waals surface area (Å²) in [5.74, 6) is -0.736. The maximum absolute atomic E-state index is 12.5. The van der Waals surface area contributed by atoms with Gasteiger partial charge in [0.05, 0.1) is 10.5 Å². The highest BCUT2D eigenvalue weighted by molar-refractivity contribution is 6.35. The number of fused-ring (bicyclic) bond motifs is 1. The van der Waals surface area contributed by atoms with Crippen LogP contribution in [0, 0.1) is 6.92 Å². The Bertz CT molecular complexity index is 876. The van der Waals surface area contributed by atoms with E-state index in [4.69, 9.17) is 16.0 Å². The highest BCUT2D eigenvalue weighted by Gasteiger charge is 2.16. The molecule has 0 radical (unpaired) electrons. The molecule has 3 rings (SSSR count). The van der Waals surface area contributed by atoms with E-state index < -0.39 is 5.76 Å². The van der Waals surface area contributed by atoms with Crippen LogP contribution in [0.5, 0.6) is 0 Å². The molecule has 5 heteroatoms. The van der Waals surface area contributed by atoms with Crippen LogP contribution in [0.1, 0.15) is 21.5 Å². The normalized spacial score (nSPS) is 10.9. The zero-order valence-corrected chi connectivity index (χ0v) is 11.3. The number of rotatable bonds is 2. The number of nitrogens with one attached hydrogen (secondary N) is 1. The van der Waals surface area contributed by atoms with Crippen molar-refractivity contribution in [3.05, 3.63) is 68.7 Å². The number of carbonyl (C=O) groups is 1. The van der Waals surface area contributed by atoms with Crippen LogP contribution in [0.3, 0.4) is 0 Å². The SMILES string of the molecule is Cc1cc2[nH]c(=O)oc2cc1C(=O)c1ccccc1Cl. The van der Waals surface area contributed by atoms with E-state index in [1.54, 1.807) is 43.3 Å². The number of halogens is 1. The van der Waals surface area contributed by atoms with Gasteiger partial charge in [-0.25, -0.2) is 4.79 Å². The zero-order chi connectivity index (χ0) is 14.3. The maximum Gasteiger partial charge on any atom is 0.417 e. The van der Waals surface area contributed by atoms with Crippen molar-refractivity contribution in [3.63, 3.8) is 0 Å². The van der Waals surface area contributed by atoms with Gasteiger partial charge in [-0.15, -0.1) is 0 Å². The third kappa shape index (κ3) is 2.04. The Morgan fingerprint density at radius 2 is 1.95 bits per heavy atom. The summed E-state index contributed by atoms with van der Waals surface area (Å²) in [6.07, 6.45) is 0. The number of hydrogen-bond donors (Lipinski definition) is 1. The third-order valence-electron chi connectivity index (χ3n) is 3.13. The summed E-state index contributed by atoms with van der Waals surface area (Å²) in [6, 6.07) is 10.1. The summed E-state index contributed by atoms with van der Waals surface area (Å²) in [5.41, 5.74) is 2.57. The van der Waals surface area contributed by atoms with Crippen LogP contribution < -0.4 is 5.76 Å². The van der Waals surface area contributed by atoms with Gasteiger partial charge in [-0.05, 0) is 36.8 Å². The summed E-state index contributed by atoms with van der Waals surface area (Å²) >= 11 is 6.04. The molecule has 0 aliphatic heterocycles. The van der Waals surface area contributed by atoms with Crippen molar-refractivity contribution in [1.82, 2.24) is 4.98 Å². The van der Waals surface area contributed by atoms with Gasteiger partial charge in [-0.3, -0.25) is 9.78 Å². The molecule has 1 heterocycles. The summed E-state index contributed by atoms with van der Waals surface area (Å²) in [7, 11) is 0. The second-order valence-electron chi connectivity index (χ2n) is 4.49. The third-order valence-corrected chi connectivity index (χ3v) is 3.46. The molecule has 4 nitrogen and oxygen atoms in total. The molecule has 0 spiro atoms. The quantitative estimate of drug-likeness (QED) is 0.736. The highest BCUT2D eigenvalue weighted by atomic mass is 35.5. The van der Waals surface area contributed by atoms with Crippen molar-refractivity contribution < 1.29 is 9.21 Å². The Kier molecular flexibility index (Phi) is 2.95. The second-order valence-corrected chi connectivity index (χ2v) is 4.89. The molecule has 2 aromatic carbocycles. The largest absolute Gasteiger partial charge is 0.417 e. The molecule has 0 fully saturated rings. The maximum atomic E-state index is 12.5. The van der Waals surface area contributed by atoms with E-state index >= 15 is 0 Å². The van der Waals surface area contributed by atoms with Gasteiger partial charge in [0.1, 0.15) is 0 Å². The van der Waals surface area contributed by atoms with Gasteiger partial charge < -0.3 is 4.42 Å². The highest BCUT2D eigenvalue weighted by Crippen LogP contribution is 2.23. The molecule has 0 atom stereocenters. The van der Waals surface area contributed by atoms with Crippen LogP contribution in [-0.4, -0.2) is 10.8 Å². The number of carbonyl (C=O) groups excluding carboxylic acids is 1. The molecule has 0 aliphatic carbocycles. The number of H-pyrrole nitrogens is 1. The van der Waals surface area contributed by atoms with Crippen LogP contribution >= 0.6 is 11.6 Å². The summed E-state index contributed by atoms with van der Waals surface area (Å²) < 4.78 is 4.98. The summed E-state index contributed by atoms with van der Waals surface area (Å²) in [5, 5.41) is 0.396. The van der Waals surface area contributed by atoms with Crippen molar-refractivity contribution >= 4 is 28.5 Å². The fourth-order valence-corrected chi connectivity index (χ4v) is 2.36. The Hall–Kier alpha value is -2.33. The Balaban J connectivity index is 2.19. The number of aromatic nitrogens is 1. The first-order valence-electron chi connectivity index (χ1n) is 5.99. The topological polar surface area (TPSA) is 63.1 Å². The lowest BCUT2D eigenvalue weighted by Gasteiger charge is -2.06. The van der Waals surface area contributed by atoms with Gasteiger partial charge in [0.25, 0.3) is 0 Å². The Labute approximate surface area is 119 Å². The number of aryl methyl sites for hydroxylation is 1. The van der Waals surface area contributed by atoms with Gasteiger partial charge in [0.15, 0.2) is 11.4 Å². The van der Waals surface area contributed by atoms with Gasteiger partial charge in [-0.1, -0.05) is 23.7 Å². The molecule has 100 valence electrons. The number of ketones is 1. The molecule has 20 heavy (non-hydrogen) atoms. The molecule has 1 N–H and O–H groups in total. The van der Waals surface area contributed by atoms with E-state index in [0.717, 1.165) is 5.56 Å². The molecular weight excluding hydrogens is 278 g/mol. The summed E-state index contributed by atoms with van der Waals surface area (Å²) in [4.78, 5) is 26.3. The molecule has 0 unspecified atom stereocenters. The van der Waals surface area contributed by atoms with Gasteiger partial charge >= 0.3 is 5.76 Å². The van der Waals surface area contributed by atoms with Gasteiger partial charge in [0, 0.05) is 11.1 Å². The van der Waals surface area contributed by atoms with Crippen LogP contribution in [0.25, 0.3) is 11.1 Å². The minimum Gasteiger partial charge on any atom is -0.408 e. The molecule has 0 aliphatic rings. The number of oxazole rings is 1. The van der Waals surface area contributed by atoms with E-state index in [-0.39, 0.29) is 5.78 Å². The van der Waals surface area contributed by atoms with Crippen molar-refractivity contribution in [2.45, 2.75) is 6.92 Å². The van der Waals surface area contributed by atoms with E-state index in [1.807, 2.05) is 0 Å². The number of benzene rings is 2. The fourth-order valence-electron chi connectivity index (χ4n) is 2.14. The monoisotopic (exact) mass is 287 g/mol. The molecular formula is C15H10ClNO3. The van der Waals surface area contributed by atoms with Crippen molar-refractivity contribution in [3.8, 4) is 0 Å². The predicted molar refractivity (Wildman–Crippen MR) is 76.5 cm³/mol. The fraction of sp³-hybridized carbons (Fsp3) is 0.0667. The smallest absolute Gasteiger partial charge is 0.408 e. The van der Waals surface area contributed by atoms with E-state index in [0.29, 0.717) is 27.2 Å². The average Bonchev–Trinajstić information content (AvgIpc) is 2.76. The van der Waals surface area contributed by atoms with Crippen molar-refractivity contribution in [1.29, 1.82) is 0 Å². The van der Waals surface area contributed by atoms with Crippen molar-refractivity contribution in [2.75, 3.05) is 0 Å². The first-order valence-corrected chi connectivity index (χ1v) is 6.37. The number of hydrogen-bond acceptors (Lipinski definition) is 3. The van der Waals surface area contributed by atoms with Crippen LogP contribution in [0.4, 0.5) is 0 Å². The zero-order valence-electron chi connectivity index (χ0n) is 10.6. The molecule has 3 aromatic rings. The van der Waals surface area contributed by atoms with E-state index in [2.05, 4.69) is 4.98 Å². The lowest BCUT2D eigenvalue weighted by molar-refractivity contribution is 0.103. The Morgan fingerprint density at radius 1 is 1.20 bits per heavy atom. The standard InChI is InChI=1S/C15H10ClNO3/c1-8-6-12-13(20-15(19)17-12)7-10(8)14(18)9-4-2-3-5-11(9)16/h2-7H,1H3,(H,17,19). The second kappa shape index (κ2) is 4.65. The van der Waals surface area contributed by atoms with Crippen molar-refractivity contribution in [2.24, 2.45) is 0 Å². The Morgan fingerprint density at radius 3 is 2.70 bits per heavy atom. The first kappa shape index (κ1) is 12.7. The van der Waals surface area contributed by atoms with E-state index in [1.165, 1.54) is 0 Å². The molecule has 0 saturated heterocycles. The minimum absolute atomic E-state index is 0.196. The lowest BCUT2D eigenvalue weighted by atomic mass is 9.98. The van der Waals surface area contributed by atoms with Crippen LogP contribution in [-0.2, 0) is 0 Å². The number of aromatic amines is 1. The van der Waals surface area contributed by atoms with Gasteiger partial charge in [-0.2, -0.15) is 0 Å². The minimum atomic E-state index is -0.540. The molecule has 1 aromatic heterocycles. The predicted octanol–water partition coefficient (Wildman–Crippen LogP) is 3.31. The average molecular weight is 288 g/mol. The summed E-state index contributed by atoms with van der Waals surface area (Å²) in [6.45, 7) is 1.80. The molecule has 0 bridgehead atoms. The first-order chi connectivity index (χ1) is 9.56. The van der Waals surface area contributed by atoms with Gasteiger partial charge in [0.2, 0.25) is 0 Å². The van der Waals surface area contributed by atoms with Crippen LogP contribution in [0.15, 0.2) is 45.6 Å². The van der Waals surface area contributed by atoms with Crippen LogP contribution in [0.2, 0.25) is 5.02 Å².